The second-order valence-electron chi connectivity index (χ2n) is 4.02. The summed E-state index contributed by atoms with van der Waals surface area (Å²) in [5.41, 5.74) is 0.352. The van der Waals surface area contributed by atoms with Crippen molar-refractivity contribution in [3.8, 4) is 5.75 Å². The molecule has 0 saturated carbocycles. The van der Waals surface area contributed by atoms with Gasteiger partial charge < -0.3 is 15.4 Å². The van der Waals surface area contributed by atoms with Crippen LogP contribution in [0.1, 0.15) is 12.5 Å². The minimum atomic E-state index is -4.72. The van der Waals surface area contributed by atoms with Crippen LogP contribution in [0, 0.1) is 0 Å². The number of guanidine groups is 1. The van der Waals surface area contributed by atoms with Crippen LogP contribution in [-0.4, -0.2) is 25.4 Å². The molecule has 1 rings (SSSR count). The zero-order valence-corrected chi connectivity index (χ0v) is 11.7. The van der Waals surface area contributed by atoms with E-state index in [9.17, 15) is 13.2 Å². The Hall–Kier alpha value is -2.18. The molecule has 0 saturated heterocycles. The minimum absolute atomic E-state index is 0.0682. The van der Waals surface area contributed by atoms with Crippen LogP contribution in [0.4, 0.5) is 13.2 Å². The molecular formula is C14H18F3N3O. The molecule has 116 valence electrons. The monoisotopic (exact) mass is 301 g/mol. The van der Waals surface area contributed by atoms with E-state index >= 15 is 0 Å². The Bertz CT molecular complexity index is 487. The largest absolute Gasteiger partial charge is 0.573 e. The fourth-order valence-electron chi connectivity index (χ4n) is 1.53. The Labute approximate surface area is 121 Å². The summed E-state index contributed by atoms with van der Waals surface area (Å²) in [6.07, 6.45) is -3.06. The third kappa shape index (κ3) is 6.69. The van der Waals surface area contributed by atoms with E-state index in [1.165, 1.54) is 12.1 Å². The SMILES string of the molecule is C=CCNC(=NCc1ccccc1OC(F)(F)F)NCC. The summed E-state index contributed by atoms with van der Waals surface area (Å²) in [7, 11) is 0. The number of hydrogen-bond acceptors (Lipinski definition) is 2. The number of hydrogen-bond donors (Lipinski definition) is 2. The summed E-state index contributed by atoms with van der Waals surface area (Å²) in [5, 5.41) is 5.95. The zero-order chi connectivity index (χ0) is 15.7. The maximum atomic E-state index is 12.3. The summed E-state index contributed by atoms with van der Waals surface area (Å²) in [4.78, 5) is 4.21. The standard InChI is InChI=1S/C14H18F3N3O/c1-3-9-19-13(18-4-2)20-10-11-7-5-6-8-12(11)21-14(15,16)17/h3,5-8H,1,4,9-10H2,2H3,(H2,18,19,20). The molecule has 0 aliphatic rings. The van der Waals surface area contributed by atoms with E-state index in [2.05, 4.69) is 26.9 Å². The fourth-order valence-corrected chi connectivity index (χ4v) is 1.53. The lowest BCUT2D eigenvalue weighted by Crippen LogP contribution is -2.37. The van der Waals surface area contributed by atoms with E-state index in [4.69, 9.17) is 0 Å². The van der Waals surface area contributed by atoms with Gasteiger partial charge in [0.2, 0.25) is 0 Å². The molecule has 0 aliphatic heterocycles. The van der Waals surface area contributed by atoms with Crippen LogP contribution in [0.15, 0.2) is 41.9 Å². The number of halogens is 3. The summed E-state index contributed by atoms with van der Waals surface area (Å²) in [5.74, 6) is 0.257. The van der Waals surface area contributed by atoms with Crippen LogP contribution in [0.5, 0.6) is 5.75 Å². The predicted molar refractivity (Wildman–Crippen MR) is 76.1 cm³/mol. The second-order valence-corrected chi connectivity index (χ2v) is 4.02. The third-order valence-corrected chi connectivity index (χ3v) is 2.36. The van der Waals surface area contributed by atoms with E-state index in [1.54, 1.807) is 18.2 Å². The lowest BCUT2D eigenvalue weighted by Gasteiger charge is -2.13. The van der Waals surface area contributed by atoms with Gasteiger partial charge in [-0.05, 0) is 13.0 Å². The van der Waals surface area contributed by atoms with Crippen molar-refractivity contribution >= 4 is 5.96 Å². The number of ether oxygens (including phenoxy) is 1. The molecule has 0 radical (unpaired) electrons. The Balaban J connectivity index is 2.82. The van der Waals surface area contributed by atoms with Crippen molar-refractivity contribution in [2.45, 2.75) is 19.8 Å². The summed E-state index contributed by atoms with van der Waals surface area (Å²) >= 11 is 0. The molecule has 1 aromatic rings. The van der Waals surface area contributed by atoms with Crippen LogP contribution in [0.2, 0.25) is 0 Å². The first kappa shape index (κ1) is 16.9. The number of nitrogens with zero attached hydrogens (tertiary/aromatic N) is 1. The summed E-state index contributed by atoms with van der Waals surface area (Å²) < 4.78 is 40.9. The van der Waals surface area contributed by atoms with Gasteiger partial charge in [-0.2, -0.15) is 0 Å². The van der Waals surface area contributed by atoms with Crippen molar-refractivity contribution in [3.05, 3.63) is 42.5 Å². The lowest BCUT2D eigenvalue weighted by atomic mass is 10.2. The van der Waals surface area contributed by atoms with Crippen molar-refractivity contribution < 1.29 is 17.9 Å². The molecule has 0 bridgehead atoms. The van der Waals surface area contributed by atoms with Gasteiger partial charge in [-0.15, -0.1) is 19.8 Å². The third-order valence-electron chi connectivity index (χ3n) is 2.36. The van der Waals surface area contributed by atoms with Gasteiger partial charge in [0.25, 0.3) is 0 Å². The number of nitrogens with one attached hydrogen (secondary N) is 2. The molecule has 4 nitrogen and oxygen atoms in total. The highest BCUT2D eigenvalue weighted by Gasteiger charge is 2.31. The molecule has 21 heavy (non-hydrogen) atoms. The van der Waals surface area contributed by atoms with E-state index < -0.39 is 6.36 Å². The number of alkyl halides is 3. The van der Waals surface area contributed by atoms with E-state index in [0.717, 1.165) is 0 Å². The van der Waals surface area contributed by atoms with Gasteiger partial charge in [0.05, 0.1) is 6.54 Å². The van der Waals surface area contributed by atoms with Crippen LogP contribution in [-0.2, 0) is 6.54 Å². The average Bonchev–Trinajstić information content (AvgIpc) is 2.41. The highest BCUT2D eigenvalue weighted by molar-refractivity contribution is 5.79. The normalized spacial score (nSPS) is 11.9. The molecule has 7 heteroatoms. The number of aliphatic imine (C=N–C) groups is 1. The Kier molecular flexibility index (Phi) is 6.58. The van der Waals surface area contributed by atoms with Gasteiger partial charge in [-0.25, -0.2) is 4.99 Å². The van der Waals surface area contributed by atoms with Gasteiger partial charge in [0.15, 0.2) is 5.96 Å². The summed E-state index contributed by atoms with van der Waals surface area (Å²) in [6.45, 7) is 6.69. The molecule has 0 spiro atoms. The first-order chi connectivity index (χ1) is 9.96. The van der Waals surface area contributed by atoms with Gasteiger partial charge in [0.1, 0.15) is 5.75 Å². The first-order valence-electron chi connectivity index (χ1n) is 6.43. The van der Waals surface area contributed by atoms with E-state index in [-0.39, 0.29) is 12.3 Å². The topological polar surface area (TPSA) is 45.7 Å². The molecule has 0 heterocycles. The molecular weight excluding hydrogens is 283 g/mol. The number of para-hydroxylation sites is 1. The molecule has 0 unspecified atom stereocenters. The van der Waals surface area contributed by atoms with Gasteiger partial charge >= 0.3 is 6.36 Å². The molecule has 0 atom stereocenters. The Morgan fingerprint density at radius 2 is 2.05 bits per heavy atom. The highest BCUT2D eigenvalue weighted by Crippen LogP contribution is 2.26. The van der Waals surface area contributed by atoms with Crippen LogP contribution in [0.25, 0.3) is 0 Å². The van der Waals surface area contributed by atoms with Crippen molar-refractivity contribution in [2.24, 2.45) is 4.99 Å². The molecule has 1 aromatic carbocycles. The van der Waals surface area contributed by atoms with Crippen molar-refractivity contribution in [1.29, 1.82) is 0 Å². The molecule has 0 amide bonds. The maximum Gasteiger partial charge on any atom is 0.573 e. The van der Waals surface area contributed by atoms with Crippen molar-refractivity contribution in [3.63, 3.8) is 0 Å². The summed E-state index contributed by atoms with van der Waals surface area (Å²) in [6, 6.07) is 5.93. The van der Waals surface area contributed by atoms with E-state index in [0.29, 0.717) is 24.6 Å². The minimum Gasteiger partial charge on any atom is -0.405 e. The molecule has 0 aliphatic carbocycles. The zero-order valence-electron chi connectivity index (χ0n) is 11.7. The van der Waals surface area contributed by atoms with Gasteiger partial charge in [-0.1, -0.05) is 24.3 Å². The fraction of sp³-hybridized carbons (Fsp3) is 0.357. The second kappa shape index (κ2) is 8.18. The van der Waals surface area contributed by atoms with Crippen LogP contribution < -0.4 is 15.4 Å². The first-order valence-corrected chi connectivity index (χ1v) is 6.43. The maximum absolute atomic E-state index is 12.3. The number of rotatable bonds is 6. The quantitative estimate of drug-likeness (QED) is 0.482. The number of benzene rings is 1. The van der Waals surface area contributed by atoms with Gasteiger partial charge in [-0.3, -0.25) is 0 Å². The highest BCUT2D eigenvalue weighted by atomic mass is 19.4. The predicted octanol–water partition coefficient (Wildman–Crippen LogP) is 2.83. The lowest BCUT2D eigenvalue weighted by molar-refractivity contribution is -0.274. The van der Waals surface area contributed by atoms with E-state index in [1.807, 2.05) is 6.92 Å². The Morgan fingerprint density at radius 1 is 1.33 bits per heavy atom. The molecule has 0 aromatic heterocycles. The van der Waals surface area contributed by atoms with Crippen LogP contribution in [0.3, 0.4) is 0 Å². The molecule has 0 fully saturated rings. The Morgan fingerprint density at radius 3 is 2.67 bits per heavy atom. The van der Waals surface area contributed by atoms with Crippen molar-refractivity contribution in [1.82, 2.24) is 10.6 Å². The van der Waals surface area contributed by atoms with Crippen LogP contribution >= 0.6 is 0 Å². The van der Waals surface area contributed by atoms with Gasteiger partial charge in [0, 0.05) is 18.7 Å². The molecule has 2 N–H and O–H groups in total. The average molecular weight is 301 g/mol. The smallest absolute Gasteiger partial charge is 0.405 e. The van der Waals surface area contributed by atoms with Crippen molar-refractivity contribution in [2.75, 3.05) is 13.1 Å².